The van der Waals surface area contributed by atoms with Crippen LogP contribution in [0.25, 0.3) is 0 Å². The summed E-state index contributed by atoms with van der Waals surface area (Å²) in [5.41, 5.74) is 9.33. The molecule has 12 heavy (non-hydrogen) atoms. The van der Waals surface area contributed by atoms with E-state index >= 15 is 0 Å². The standard InChI is InChI=1S/C9H14N2S/c10-9(3-1-2-4-9)5-8-6-12-7-11-8/h6-7H,1-5,10H2. The van der Waals surface area contributed by atoms with Gasteiger partial charge in [0.25, 0.3) is 0 Å². The molecule has 0 atom stereocenters. The van der Waals surface area contributed by atoms with Crippen LogP contribution in [0, 0.1) is 0 Å². The van der Waals surface area contributed by atoms with Gasteiger partial charge in [-0.2, -0.15) is 0 Å². The van der Waals surface area contributed by atoms with Crippen LogP contribution in [0.3, 0.4) is 0 Å². The minimum absolute atomic E-state index is 0.0636. The molecule has 1 fully saturated rings. The zero-order chi connectivity index (χ0) is 8.44. The quantitative estimate of drug-likeness (QED) is 0.759. The Hall–Kier alpha value is -0.410. The molecule has 0 aromatic carbocycles. The summed E-state index contributed by atoms with van der Waals surface area (Å²) in [6, 6.07) is 0. The molecule has 0 radical (unpaired) electrons. The summed E-state index contributed by atoms with van der Waals surface area (Å²) in [7, 11) is 0. The van der Waals surface area contributed by atoms with Gasteiger partial charge in [0.1, 0.15) is 0 Å². The fourth-order valence-electron chi connectivity index (χ4n) is 1.94. The van der Waals surface area contributed by atoms with E-state index in [9.17, 15) is 0 Å². The molecule has 0 saturated heterocycles. The molecule has 1 aliphatic carbocycles. The Morgan fingerprint density at radius 3 is 2.83 bits per heavy atom. The maximum absolute atomic E-state index is 6.21. The Bertz CT molecular complexity index is 237. The molecular weight excluding hydrogens is 168 g/mol. The van der Waals surface area contributed by atoms with Crippen molar-refractivity contribution in [3.05, 3.63) is 16.6 Å². The van der Waals surface area contributed by atoms with Crippen LogP contribution < -0.4 is 5.73 Å². The van der Waals surface area contributed by atoms with E-state index in [1.54, 1.807) is 11.3 Å². The smallest absolute Gasteiger partial charge is 0.0794 e. The number of hydrogen-bond acceptors (Lipinski definition) is 3. The van der Waals surface area contributed by atoms with Crippen molar-refractivity contribution in [2.75, 3.05) is 0 Å². The summed E-state index contributed by atoms with van der Waals surface area (Å²) in [6.45, 7) is 0. The fraction of sp³-hybridized carbons (Fsp3) is 0.667. The lowest BCUT2D eigenvalue weighted by Crippen LogP contribution is -2.38. The Morgan fingerprint density at radius 1 is 1.50 bits per heavy atom. The Balaban J connectivity index is 2.02. The summed E-state index contributed by atoms with van der Waals surface area (Å²) in [5, 5.41) is 2.10. The molecule has 0 unspecified atom stereocenters. The first-order valence-electron chi connectivity index (χ1n) is 4.44. The molecule has 1 heterocycles. The van der Waals surface area contributed by atoms with Crippen LogP contribution in [0.5, 0.6) is 0 Å². The lowest BCUT2D eigenvalue weighted by atomic mass is 9.93. The SMILES string of the molecule is NC1(Cc2cscn2)CCCC1. The average molecular weight is 182 g/mol. The van der Waals surface area contributed by atoms with E-state index in [2.05, 4.69) is 10.4 Å². The van der Waals surface area contributed by atoms with Gasteiger partial charge in [0.2, 0.25) is 0 Å². The van der Waals surface area contributed by atoms with Gasteiger partial charge in [0, 0.05) is 17.3 Å². The largest absolute Gasteiger partial charge is 0.325 e. The first-order valence-corrected chi connectivity index (χ1v) is 5.39. The third-order valence-corrected chi connectivity index (χ3v) is 3.25. The van der Waals surface area contributed by atoms with Crippen molar-refractivity contribution >= 4 is 11.3 Å². The van der Waals surface area contributed by atoms with Crippen LogP contribution in [0.1, 0.15) is 31.4 Å². The summed E-state index contributed by atoms with van der Waals surface area (Å²) in [4.78, 5) is 4.26. The van der Waals surface area contributed by atoms with Crippen molar-refractivity contribution in [3.8, 4) is 0 Å². The molecule has 2 rings (SSSR count). The summed E-state index contributed by atoms with van der Waals surface area (Å²) < 4.78 is 0. The highest BCUT2D eigenvalue weighted by atomic mass is 32.1. The van der Waals surface area contributed by atoms with E-state index < -0.39 is 0 Å². The van der Waals surface area contributed by atoms with Gasteiger partial charge in [-0.05, 0) is 12.8 Å². The number of nitrogens with zero attached hydrogens (tertiary/aromatic N) is 1. The highest BCUT2D eigenvalue weighted by Crippen LogP contribution is 2.30. The van der Waals surface area contributed by atoms with Crippen molar-refractivity contribution in [2.24, 2.45) is 5.73 Å². The number of aromatic nitrogens is 1. The molecule has 0 aliphatic heterocycles. The van der Waals surface area contributed by atoms with Crippen LogP contribution in [0.15, 0.2) is 10.9 Å². The molecule has 66 valence electrons. The number of thiazole rings is 1. The second kappa shape index (κ2) is 3.15. The molecule has 0 bridgehead atoms. The number of hydrogen-bond donors (Lipinski definition) is 1. The minimum atomic E-state index is 0.0636. The molecular formula is C9H14N2S. The first-order chi connectivity index (χ1) is 5.79. The number of rotatable bonds is 2. The van der Waals surface area contributed by atoms with Crippen molar-refractivity contribution in [2.45, 2.75) is 37.6 Å². The van der Waals surface area contributed by atoms with Gasteiger partial charge in [-0.25, -0.2) is 4.98 Å². The molecule has 2 N–H and O–H groups in total. The summed E-state index contributed by atoms with van der Waals surface area (Å²) in [6.07, 6.45) is 5.90. The average Bonchev–Trinajstić information content (AvgIpc) is 2.62. The Morgan fingerprint density at radius 2 is 2.25 bits per heavy atom. The van der Waals surface area contributed by atoms with E-state index in [0.29, 0.717) is 0 Å². The van der Waals surface area contributed by atoms with Crippen molar-refractivity contribution in [1.29, 1.82) is 0 Å². The predicted molar refractivity (Wildman–Crippen MR) is 51.2 cm³/mol. The van der Waals surface area contributed by atoms with E-state index in [1.165, 1.54) is 31.4 Å². The topological polar surface area (TPSA) is 38.9 Å². The molecule has 1 saturated carbocycles. The van der Waals surface area contributed by atoms with Gasteiger partial charge in [0.15, 0.2) is 0 Å². The number of nitrogens with two attached hydrogens (primary N) is 1. The molecule has 1 aliphatic rings. The van der Waals surface area contributed by atoms with Gasteiger partial charge in [-0.1, -0.05) is 12.8 Å². The van der Waals surface area contributed by atoms with Crippen molar-refractivity contribution in [3.63, 3.8) is 0 Å². The van der Waals surface area contributed by atoms with Crippen molar-refractivity contribution in [1.82, 2.24) is 4.98 Å². The second-order valence-electron chi connectivity index (χ2n) is 3.73. The lowest BCUT2D eigenvalue weighted by molar-refractivity contribution is 0.432. The molecule has 1 aromatic rings. The van der Waals surface area contributed by atoms with Gasteiger partial charge >= 0.3 is 0 Å². The zero-order valence-corrected chi connectivity index (χ0v) is 7.94. The normalized spacial score (nSPS) is 21.4. The summed E-state index contributed by atoms with van der Waals surface area (Å²) in [5.74, 6) is 0. The van der Waals surface area contributed by atoms with Gasteiger partial charge in [-0.15, -0.1) is 11.3 Å². The van der Waals surface area contributed by atoms with E-state index in [0.717, 1.165) is 6.42 Å². The highest BCUT2D eigenvalue weighted by molar-refractivity contribution is 7.07. The third kappa shape index (κ3) is 1.67. The summed E-state index contributed by atoms with van der Waals surface area (Å²) >= 11 is 1.65. The molecule has 0 amide bonds. The van der Waals surface area contributed by atoms with Gasteiger partial charge < -0.3 is 5.73 Å². The lowest BCUT2D eigenvalue weighted by Gasteiger charge is -2.21. The molecule has 0 spiro atoms. The zero-order valence-electron chi connectivity index (χ0n) is 7.12. The highest BCUT2D eigenvalue weighted by Gasteiger charge is 2.29. The Labute approximate surface area is 76.8 Å². The fourth-order valence-corrected chi connectivity index (χ4v) is 2.50. The van der Waals surface area contributed by atoms with Crippen LogP contribution >= 0.6 is 11.3 Å². The second-order valence-corrected chi connectivity index (χ2v) is 4.44. The first kappa shape index (κ1) is 8.20. The molecule has 2 nitrogen and oxygen atoms in total. The van der Waals surface area contributed by atoms with E-state index in [-0.39, 0.29) is 5.54 Å². The van der Waals surface area contributed by atoms with E-state index in [4.69, 9.17) is 5.73 Å². The monoisotopic (exact) mass is 182 g/mol. The van der Waals surface area contributed by atoms with Crippen molar-refractivity contribution < 1.29 is 0 Å². The third-order valence-electron chi connectivity index (χ3n) is 2.62. The maximum atomic E-state index is 6.21. The van der Waals surface area contributed by atoms with Crippen LogP contribution in [0.4, 0.5) is 0 Å². The van der Waals surface area contributed by atoms with Crippen LogP contribution in [0.2, 0.25) is 0 Å². The predicted octanol–water partition coefficient (Wildman–Crippen LogP) is 1.96. The van der Waals surface area contributed by atoms with Crippen LogP contribution in [-0.2, 0) is 6.42 Å². The Kier molecular flexibility index (Phi) is 2.15. The molecule has 3 heteroatoms. The maximum Gasteiger partial charge on any atom is 0.0794 e. The van der Waals surface area contributed by atoms with Crippen LogP contribution in [-0.4, -0.2) is 10.5 Å². The van der Waals surface area contributed by atoms with Gasteiger partial charge in [0.05, 0.1) is 11.2 Å². The van der Waals surface area contributed by atoms with E-state index in [1.807, 2.05) is 5.51 Å². The molecule has 1 aromatic heterocycles. The van der Waals surface area contributed by atoms with Gasteiger partial charge in [-0.3, -0.25) is 0 Å². The minimum Gasteiger partial charge on any atom is -0.325 e.